The molecule has 1 saturated heterocycles. The number of likely N-dealkylation sites (N-methyl/N-ethyl adjacent to an activating group) is 2. The molecule has 1 aliphatic heterocycles. The molecule has 1 unspecified atom stereocenters. The first-order chi connectivity index (χ1) is 21.6. The van der Waals surface area contributed by atoms with Crippen LogP contribution in [-0.2, 0) is 27.1 Å². The third kappa shape index (κ3) is 8.24. The minimum Gasteiger partial charge on any atom is -0.367 e. The molecule has 0 radical (unpaired) electrons. The number of alkyl halides is 3. The molecule has 2 heterocycles. The summed E-state index contributed by atoms with van der Waals surface area (Å²) in [6.07, 6.45) is -1.29. The Hall–Kier alpha value is -4.42. The second-order valence-electron chi connectivity index (χ2n) is 11.4. The van der Waals surface area contributed by atoms with Crippen LogP contribution in [0.15, 0.2) is 66.7 Å². The molecule has 2 aromatic carbocycles. The zero-order valence-corrected chi connectivity index (χ0v) is 27.0. The highest BCUT2D eigenvalue weighted by Crippen LogP contribution is 2.38. The van der Waals surface area contributed by atoms with Crippen molar-refractivity contribution in [2.75, 3.05) is 54.8 Å². The average Bonchev–Trinajstić information content (AvgIpc) is 3.36. The number of carbonyl (C=O) groups excluding carboxylic acids is 3. The van der Waals surface area contributed by atoms with Crippen molar-refractivity contribution in [3.63, 3.8) is 0 Å². The summed E-state index contributed by atoms with van der Waals surface area (Å²) in [7, 11) is 7.16. The van der Waals surface area contributed by atoms with Crippen LogP contribution in [0, 0.1) is 6.92 Å². The third-order valence-electron chi connectivity index (χ3n) is 7.40. The fourth-order valence-electron chi connectivity index (χ4n) is 5.29. The van der Waals surface area contributed by atoms with Gasteiger partial charge in [0, 0.05) is 51.1 Å². The van der Waals surface area contributed by atoms with Crippen molar-refractivity contribution in [1.29, 1.82) is 0 Å². The van der Waals surface area contributed by atoms with Gasteiger partial charge in [-0.3, -0.25) is 19.3 Å². The number of hydrogen-bond acceptors (Lipinski definition) is 6. The van der Waals surface area contributed by atoms with Crippen LogP contribution in [0.4, 0.5) is 36.1 Å². The number of nitrogens with zero attached hydrogens (tertiary/aromatic N) is 5. The lowest BCUT2D eigenvalue weighted by atomic mass is 10.1. The largest absolute Gasteiger partial charge is 0.416 e. The summed E-state index contributed by atoms with van der Waals surface area (Å²) in [5.74, 6) is -1.45. The van der Waals surface area contributed by atoms with Gasteiger partial charge in [0.25, 0.3) is 0 Å². The van der Waals surface area contributed by atoms with E-state index in [1.54, 1.807) is 37.4 Å². The fourth-order valence-corrected chi connectivity index (χ4v) is 5.61. The van der Waals surface area contributed by atoms with Gasteiger partial charge in [0.1, 0.15) is 11.9 Å². The average molecular weight is 657 g/mol. The van der Waals surface area contributed by atoms with E-state index in [4.69, 9.17) is 11.6 Å². The number of anilines is 4. The van der Waals surface area contributed by atoms with Gasteiger partial charge in [-0.05, 0) is 69.4 Å². The molecule has 3 amide bonds. The SMILES string of the molecule is Cc1cc(C(F)(F)F)cc(N2C(=O)CCC2C(=O)N(C)c2cccc(Cl)c2N(C)Cc2cccc(NC(=O)/C=C/CN(C)C)c2)n1. The molecule has 46 heavy (non-hydrogen) atoms. The van der Waals surface area contributed by atoms with Gasteiger partial charge in [0.05, 0.1) is 22.0 Å². The van der Waals surface area contributed by atoms with Crippen molar-refractivity contribution in [2.24, 2.45) is 0 Å². The molecule has 1 atom stereocenters. The van der Waals surface area contributed by atoms with E-state index in [-0.39, 0.29) is 30.3 Å². The number of rotatable bonds is 10. The summed E-state index contributed by atoms with van der Waals surface area (Å²) in [6, 6.07) is 13.1. The topological polar surface area (TPSA) is 89.1 Å². The highest BCUT2D eigenvalue weighted by Gasteiger charge is 2.41. The number of benzene rings is 2. The van der Waals surface area contributed by atoms with Gasteiger partial charge in [-0.25, -0.2) is 4.98 Å². The molecular weight excluding hydrogens is 621 g/mol. The fraction of sp³-hybridized carbons (Fsp3) is 0.333. The molecule has 1 aliphatic rings. The predicted molar refractivity (Wildman–Crippen MR) is 174 cm³/mol. The van der Waals surface area contributed by atoms with E-state index < -0.39 is 29.6 Å². The van der Waals surface area contributed by atoms with Crippen LogP contribution in [0.1, 0.15) is 29.7 Å². The van der Waals surface area contributed by atoms with Crippen molar-refractivity contribution in [1.82, 2.24) is 9.88 Å². The van der Waals surface area contributed by atoms with Crippen molar-refractivity contribution in [3.05, 3.63) is 88.6 Å². The second kappa shape index (κ2) is 14.3. The first kappa shape index (κ1) is 34.5. The Bertz CT molecular complexity index is 1650. The monoisotopic (exact) mass is 656 g/mol. The van der Waals surface area contributed by atoms with E-state index >= 15 is 0 Å². The molecular formula is C33H36ClF3N6O3. The zero-order chi connectivity index (χ0) is 33.8. The summed E-state index contributed by atoms with van der Waals surface area (Å²) in [5, 5.41) is 3.22. The molecule has 13 heteroatoms. The molecule has 4 rings (SSSR count). The summed E-state index contributed by atoms with van der Waals surface area (Å²) in [6.45, 7) is 2.40. The summed E-state index contributed by atoms with van der Waals surface area (Å²) in [4.78, 5) is 49.5. The first-order valence-electron chi connectivity index (χ1n) is 14.5. The molecule has 1 N–H and O–H groups in total. The molecule has 0 aliphatic carbocycles. The zero-order valence-electron chi connectivity index (χ0n) is 26.2. The minimum atomic E-state index is -4.64. The third-order valence-corrected chi connectivity index (χ3v) is 7.71. The Morgan fingerprint density at radius 3 is 2.50 bits per heavy atom. The van der Waals surface area contributed by atoms with E-state index in [9.17, 15) is 27.6 Å². The summed E-state index contributed by atoms with van der Waals surface area (Å²) >= 11 is 6.67. The van der Waals surface area contributed by atoms with Crippen LogP contribution in [0.2, 0.25) is 5.02 Å². The van der Waals surface area contributed by atoms with Crippen LogP contribution in [0.25, 0.3) is 0 Å². The van der Waals surface area contributed by atoms with Gasteiger partial charge >= 0.3 is 6.18 Å². The van der Waals surface area contributed by atoms with Crippen molar-refractivity contribution in [3.8, 4) is 0 Å². The molecule has 3 aromatic rings. The maximum Gasteiger partial charge on any atom is 0.416 e. The Morgan fingerprint density at radius 2 is 1.80 bits per heavy atom. The van der Waals surface area contributed by atoms with Crippen LogP contribution in [0.5, 0.6) is 0 Å². The number of halogens is 4. The van der Waals surface area contributed by atoms with E-state index in [1.165, 1.54) is 24.9 Å². The maximum atomic E-state index is 13.9. The molecule has 1 fully saturated rings. The standard InChI is InChI=1S/C33H36ClF3N6O3/c1-21-17-23(33(35,36)37)19-28(38-21)43-27(14-15-30(43)45)32(46)42(5)26-12-7-11-25(34)31(26)41(4)20-22-9-6-10-24(18-22)39-29(44)13-8-16-40(2)3/h6-13,17-19,27H,14-16,20H2,1-5H3,(H,39,44)/b13-8+. The Labute approximate surface area is 271 Å². The number of para-hydroxylation sites is 1. The quantitative estimate of drug-likeness (QED) is 0.273. The van der Waals surface area contributed by atoms with Crippen LogP contribution in [0.3, 0.4) is 0 Å². The van der Waals surface area contributed by atoms with Crippen LogP contribution in [-0.4, -0.2) is 68.4 Å². The molecule has 9 nitrogen and oxygen atoms in total. The van der Waals surface area contributed by atoms with E-state index in [1.807, 2.05) is 42.1 Å². The normalized spacial score (nSPS) is 15.1. The van der Waals surface area contributed by atoms with Gasteiger partial charge in [0.15, 0.2) is 0 Å². The lowest BCUT2D eigenvalue weighted by Gasteiger charge is -2.31. The highest BCUT2D eigenvalue weighted by molar-refractivity contribution is 6.34. The molecule has 244 valence electrons. The number of carbonyl (C=O) groups is 3. The second-order valence-corrected chi connectivity index (χ2v) is 11.8. The number of aryl methyl sites for hydroxylation is 1. The van der Waals surface area contributed by atoms with Crippen LogP contribution >= 0.6 is 11.6 Å². The number of hydrogen-bond donors (Lipinski definition) is 1. The lowest BCUT2D eigenvalue weighted by Crippen LogP contribution is -2.46. The van der Waals surface area contributed by atoms with Gasteiger partial charge in [-0.15, -0.1) is 0 Å². The smallest absolute Gasteiger partial charge is 0.367 e. The predicted octanol–water partition coefficient (Wildman–Crippen LogP) is 5.91. The molecule has 0 spiro atoms. The first-order valence-corrected chi connectivity index (χ1v) is 14.9. The summed E-state index contributed by atoms with van der Waals surface area (Å²) in [5.41, 5.74) is 1.58. The van der Waals surface area contributed by atoms with Gasteiger partial charge in [-0.2, -0.15) is 13.2 Å². The molecule has 0 bridgehead atoms. The molecule has 1 aromatic heterocycles. The van der Waals surface area contributed by atoms with Crippen molar-refractivity contribution in [2.45, 2.75) is 38.5 Å². The highest BCUT2D eigenvalue weighted by atomic mass is 35.5. The Balaban J connectivity index is 1.57. The summed E-state index contributed by atoms with van der Waals surface area (Å²) < 4.78 is 40.7. The number of nitrogens with one attached hydrogen (secondary N) is 1. The lowest BCUT2D eigenvalue weighted by molar-refractivity contribution is -0.137. The Kier molecular flexibility index (Phi) is 10.7. The maximum absolute atomic E-state index is 13.9. The number of amides is 3. The number of aromatic nitrogens is 1. The Morgan fingerprint density at radius 1 is 1.09 bits per heavy atom. The van der Waals surface area contributed by atoms with E-state index in [0.717, 1.165) is 22.6 Å². The van der Waals surface area contributed by atoms with E-state index in [2.05, 4.69) is 10.3 Å². The van der Waals surface area contributed by atoms with Gasteiger partial charge in [-0.1, -0.05) is 35.9 Å². The van der Waals surface area contributed by atoms with E-state index in [0.29, 0.717) is 35.2 Å². The molecule has 0 saturated carbocycles. The van der Waals surface area contributed by atoms with Crippen molar-refractivity contribution >= 4 is 52.2 Å². The van der Waals surface area contributed by atoms with Gasteiger partial charge in [0.2, 0.25) is 17.7 Å². The number of pyridine rings is 1. The minimum absolute atomic E-state index is 0.0121. The van der Waals surface area contributed by atoms with Gasteiger partial charge < -0.3 is 20.0 Å². The van der Waals surface area contributed by atoms with Crippen LogP contribution < -0.4 is 20.0 Å². The van der Waals surface area contributed by atoms with Crippen molar-refractivity contribution < 1.29 is 27.6 Å².